The molecule has 3 aromatic rings. The van der Waals surface area contributed by atoms with E-state index in [1.54, 1.807) is 12.3 Å². The minimum absolute atomic E-state index is 0.0433. The Labute approximate surface area is 119 Å². The highest BCUT2D eigenvalue weighted by atomic mass is 16.5. The molecule has 0 fully saturated rings. The van der Waals surface area contributed by atoms with Crippen molar-refractivity contribution in [2.45, 2.75) is 5.41 Å². The standard InChI is InChI=1S/C16H10N2O3/c19-15-16(10-3-1-2-4-12(10)18-15)8-20-14-6-13-9(5-11(14)16)7-17-21-13/h1-7H,8H2,(H,18,19). The van der Waals surface area contributed by atoms with Gasteiger partial charge >= 0.3 is 0 Å². The van der Waals surface area contributed by atoms with E-state index in [4.69, 9.17) is 9.26 Å². The average Bonchev–Trinajstić information content (AvgIpc) is 3.16. The van der Waals surface area contributed by atoms with Crippen LogP contribution in [0.25, 0.3) is 11.0 Å². The molecule has 102 valence electrons. The van der Waals surface area contributed by atoms with Gasteiger partial charge in [0.05, 0.1) is 6.20 Å². The van der Waals surface area contributed by atoms with Crippen molar-refractivity contribution in [2.75, 3.05) is 11.9 Å². The molecule has 0 saturated heterocycles. The van der Waals surface area contributed by atoms with Crippen LogP contribution in [0.4, 0.5) is 5.69 Å². The van der Waals surface area contributed by atoms with Crippen molar-refractivity contribution < 1.29 is 14.1 Å². The molecule has 2 aliphatic heterocycles. The zero-order chi connectivity index (χ0) is 14.0. The number of nitrogens with zero attached hydrogens (tertiary/aromatic N) is 1. The Morgan fingerprint density at radius 1 is 1.19 bits per heavy atom. The van der Waals surface area contributed by atoms with Crippen LogP contribution in [-0.4, -0.2) is 17.7 Å². The first-order valence-electron chi connectivity index (χ1n) is 6.72. The zero-order valence-corrected chi connectivity index (χ0v) is 10.9. The average molecular weight is 278 g/mol. The zero-order valence-electron chi connectivity index (χ0n) is 10.9. The number of carbonyl (C=O) groups is 1. The number of benzene rings is 2. The van der Waals surface area contributed by atoms with Crippen LogP contribution in [0.1, 0.15) is 11.1 Å². The van der Waals surface area contributed by atoms with Crippen LogP contribution in [0, 0.1) is 0 Å². The number of anilines is 1. The lowest BCUT2D eigenvalue weighted by Gasteiger charge is -2.19. The van der Waals surface area contributed by atoms with Crippen molar-refractivity contribution >= 4 is 22.6 Å². The van der Waals surface area contributed by atoms with Gasteiger partial charge in [0.25, 0.3) is 0 Å². The second kappa shape index (κ2) is 3.44. The fraction of sp³-hybridized carbons (Fsp3) is 0.125. The molecule has 5 heteroatoms. The molecule has 2 aliphatic rings. The molecule has 1 N–H and O–H groups in total. The van der Waals surface area contributed by atoms with E-state index >= 15 is 0 Å². The van der Waals surface area contributed by atoms with E-state index in [0.29, 0.717) is 17.9 Å². The Balaban J connectivity index is 1.85. The van der Waals surface area contributed by atoms with Crippen LogP contribution in [-0.2, 0) is 10.2 Å². The van der Waals surface area contributed by atoms with Gasteiger partial charge in [0.15, 0.2) is 5.58 Å². The van der Waals surface area contributed by atoms with Gasteiger partial charge in [-0.2, -0.15) is 0 Å². The highest BCUT2D eigenvalue weighted by Gasteiger charge is 2.53. The highest BCUT2D eigenvalue weighted by molar-refractivity contribution is 6.10. The van der Waals surface area contributed by atoms with Crippen molar-refractivity contribution in [1.82, 2.24) is 5.16 Å². The van der Waals surface area contributed by atoms with Gasteiger partial charge in [-0.25, -0.2) is 0 Å². The number of hydrogen-bond acceptors (Lipinski definition) is 4. The Morgan fingerprint density at radius 2 is 2.10 bits per heavy atom. The summed E-state index contributed by atoms with van der Waals surface area (Å²) < 4.78 is 11.0. The Bertz CT molecular complexity index is 915. The molecule has 0 radical (unpaired) electrons. The molecule has 1 aromatic heterocycles. The van der Waals surface area contributed by atoms with Gasteiger partial charge in [0, 0.05) is 22.7 Å². The fourth-order valence-corrected chi connectivity index (χ4v) is 3.34. The normalized spacial score (nSPS) is 22.2. The summed E-state index contributed by atoms with van der Waals surface area (Å²) in [5.74, 6) is 0.643. The maximum absolute atomic E-state index is 12.7. The van der Waals surface area contributed by atoms with E-state index in [9.17, 15) is 4.79 Å². The summed E-state index contributed by atoms with van der Waals surface area (Å²) in [6, 6.07) is 11.5. The summed E-state index contributed by atoms with van der Waals surface area (Å²) in [6.45, 7) is 0.311. The number of hydrogen-bond donors (Lipinski definition) is 1. The Morgan fingerprint density at radius 3 is 3.05 bits per heavy atom. The molecule has 1 spiro atoms. The summed E-state index contributed by atoms with van der Waals surface area (Å²) in [5, 5.41) is 7.62. The van der Waals surface area contributed by atoms with E-state index < -0.39 is 5.41 Å². The Hall–Kier alpha value is -2.82. The molecule has 0 aliphatic carbocycles. The highest BCUT2D eigenvalue weighted by Crippen LogP contribution is 2.50. The Kier molecular flexibility index (Phi) is 1.78. The van der Waals surface area contributed by atoms with Crippen molar-refractivity contribution in [3.05, 3.63) is 53.7 Å². The number of para-hydroxylation sites is 1. The predicted octanol–water partition coefficient (Wildman–Crippen LogP) is 2.46. The molecular weight excluding hydrogens is 268 g/mol. The molecule has 1 unspecified atom stereocenters. The van der Waals surface area contributed by atoms with E-state index in [0.717, 1.165) is 22.2 Å². The topological polar surface area (TPSA) is 64.4 Å². The molecule has 1 amide bonds. The van der Waals surface area contributed by atoms with E-state index in [2.05, 4.69) is 10.5 Å². The van der Waals surface area contributed by atoms with Crippen LogP contribution < -0.4 is 10.1 Å². The summed E-state index contributed by atoms with van der Waals surface area (Å²) >= 11 is 0. The molecule has 1 atom stereocenters. The summed E-state index contributed by atoms with van der Waals surface area (Å²) in [7, 11) is 0. The van der Waals surface area contributed by atoms with Crippen molar-refractivity contribution in [3.63, 3.8) is 0 Å². The molecule has 5 nitrogen and oxygen atoms in total. The lowest BCUT2D eigenvalue weighted by atomic mass is 9.77. The van der Waals surface area contributed by atoms with Gasteiger partial charge in [-0.15, -0.1) is 0 Å². The first kappa shape index (κ1) is 10.9. The van der Waals surface area contributed by atoms with Crippen LogP contribution >= 0.6 is 0 Å². The molecule has 0 bridgehead atoms. The van der Waals surface area contributed by atoms with Crippen LogP contribution in [0.2, 0.25) is 0 Å². The fourth-order valence-electron chi connectivity index (χ4n) is 3.34. The van der Waals surface area contributed by atoms with E-state index in [-0.39, 0.29) is 5.91 Å². The maximum atomic E-state index is 12.7. The van der Waals surface area contributed by atoms with Gasteiger partial charge < -0.3 is 14.6 Å². The van der Waals surface area contributed by atoms with Gasteiger partial charge in [0.2, 0.25) is 5.91 Å². The smallest absolute Gasteiger partial charge is 0.243 e. The first-order valence-corrected chi connectivity index (χ1v) is 6.72. The minimum atomic E-state index is -0.766. The number of fused-ring (bicyclic) bond motifs is 5. The molecule has 0 saturated carbocycles. The van der Waals surface area contributed by atoms with Crippen LogP contribution in [0.15, 0.2) is 47.1 Å². The van der Waals surface area contributed by atoms with Crippen molar-refractivity contribution in [2.24, 2.45) is 0 Å². The minimum Gasteiger partial charge on any atom is -0.491 e. The summed E-state index contributed by atoms with van der Waals surface area (Å²) in [5.41, 5.74) is 2.59. The molecular formula is C16H10N2O3. The molecule has 2 aromatic carbocycles. The lowest BCUT2D eigenvalue weighted by molar-refractivity contribution is -0.119. The third-order valence-electron chi connectivity index (χ3n) is 4.38. The molecule has 21 heavy (non-hydrogen) atoms. The van der Waals surface area contributed by atoms with Gasteiger partial charge in [0.1, 0.15) is 17.8 Å². The molecule has 5 rings (SSSR count). The number of rotatable bonds is 0. The van der Waals surface area contributed by atoms with Gasteiger partial charge in [-0.1, -0.05) is 23.4 Å². The van der Waals surface area contributed by atoms with Crippen LogP contribution in [0.3, 0.4) is 0 Å². The first-order chi connectivity index (χ1) is 10.3. The lowest BCUT2D eigenvalue weighted by Crippen LogP contribution is -2.37. The molecule has 3 heterocycles. The number of carbonyl (C=O) groups excluding carboxylic acids is 1. The largest absolute Gasteiger partial charge is 0.491 e. The summed E-state index contributed by atoms with van der Waals surface area (Å²) in [6.07, 6.45) is 1.65. The van der Waals surface area contributed by atoms with Gasteiger partial charge in [-0.3, -0.25) is 4.79 Å². The monoisotopic (exact) mass is 278 g/mol. The third-order valence-corrected chi connectivity index (χ3v) is 4.38. The van der Waals surface area contributed by atoms with E-state index in [1.165, 1.54) is 0 Å². The van der Waals surface area contributed by atoms with Crippen molar-refractivity contribution in [1.29, 1.82) is 0 Å². The third kappa shape index (κ3) is 1.17. The summed E-state index contributed by atoms with van der Waals surface area (Å²) in [4.78, 5) is 12.7. The number of ether oxygens (including phenoxy) is 1. The predicted molar refractivity (Wildman–Crippen MR) is 75.4 cm³/mol. The second-order valence-corrected chi connectivity index (χ2v) is 5.41. The SMILES string of the molecule is O=C1Nc2ccccc2C12COc1cc3oncc3cc12. The van der Waals surface area contributed by atoms with Crippen molar-refractivity contribution in [3.8, 4) is 5.75 Å². The van der Waals surface area contributed by atoms with E-state index in [1.807, 2.05) is 30.3 Å². The quantitative estimate of drug-likeness (QED) is 0.686. The number of aromatic nitrogens is 1. The number of amides is 1. The van der Waals surface area contributed by atoms with Gasteiger partial charge in [-0.05, 0) is 17.7 Å². The van der Waals surface area contributed by atoms with Crippen LogP contribution in [0.5, 0.6) is 5.75 Å². The number of nitrogens with one attached hydrogen (secondary N) is 1. The second-order valence-electron chi connectivity index (χ2n) is 5.41. The maximum Gasteiger partial charge on any atom is 0.243 e.